The molecular weight excluding hydrogens is 315 g/mol. The van der Waals surface area contributed by atoms with Crippen molar-refractivity contribution >= 4 is 22.6 Å². The number of ether oxygens (including phenoxy) is 1. The van der Waals surface area contributed by atoms with Crippen molar-refractivity contribution in [1.82, 2.24) is 4.98 Å². The first-order valence-corrected chi connectivity index (χ1v) is 5.66. The van der Waals surface area contributed by atoms with Gasteiger partial charge in [0.1, 0.15) is 17.4 Å². The molecular formula is C12H7IN2O. The summed E-state index contributed by atoms with van der Waals surface area (Å²) >= 11 is 2.22. The molecule has 0 unspecified atom stereocenters. The number of hydrogen-bond donors (Lipinski definition) is 0. The van der Waals surface area contributed by atoms with Crippen molar-refractivity contribution in [3.63, 3.8) is 0 Å². The van der Waals surface area contributed by atoms with Gasteiger partial charge < -0.3 is 4.74 Å². The zero-order chi connectivity index (χ0) is 11.4. The highest BCUT2D eigenvalue weighted by Gasteiger charge is 2.04. The van der Waals surface area contributed by atoms with Gasteiger partial charge in [-0.25, -0.2) is 4.98 Å². The van der Waals surface area contributed by atoms with Crippen molar-refractivity contribution in [3.05, 3.63) is 51.7 Å². The second kappa shape index (κ2) is 4.94. The first-order chi connectivity index (χ1) is 7.79. The molecule has 0 amide bonds. The van der Waals surface area contributed by atoms with Crippen LogP contribution in [0.1, 0.15) is 5.56 Å². The first kappa shape index (κ1) is 10.9. The Morgan fingerprint density at radius 2 is 1.94 bits per heavy atom. The number of halogens is 1. The summed E-state index contributed by atoms with van der Waals surface area (Å²) in [5, 5.41) is 8.87. The van der Waals surface area contributed by atoms with E-state index in [-0.39, 0.29) is 0 Å². The lowest BCUT2D eigenvalue weighted by Gasteiger charge is -2.05. The van der Waals surface area contributed by atoms with Gasteiger partial charge in [-0.1, -0.05) is 0 Å². The minimum absolute atomic E-state index is 0.339. The molecule has 1 heterocycles. The fraction of sp³-hybridized carbons (Fsp3) is 0. The molecule has 0 atom stereocenters. The molecule has 1 aromatic carbocycles. The summed E-state index contributed by atoms with van der Waals surface area (Å²) in [4.78, 5) is 4.02. The molecule has 16 heavy (non-hydrogen) atoms. The lowest BCUT2D eigenvalue weighted by Crippen LogP contribution is -1.90. The normalized spacial score (nSPS) is 9.50. The fourth-order valence-corrected chi connectivity index (χ4v) is 1.53. The summed E-state index contributed by atoms with van der Waals surface area (Å²) in [6, 6.07) is 13.0. The van der Waals surface area contributed by atoms with E-state index in [0.29, 0.717) is 17.2 Å². The summed E-state index contributed by atoms with van der Waals surface area (Å²) in [6.07, 6.45) is 1.60. The Labute approximate surface area is 107 Å². The molecule has 0 bridgehead atoms. The molecule has 0 spiro atoms. The van der Waals surface area contributed by atoms with Gasteiger partial charge in [-0.3, -0.25) is 0 Å². The SMILES string of the molecule is N#Cc1cccnc1Oc1ccc(I)cc1. The molecule has 78 valence electrons. The van der Waals surface area contributed by atoms with E-state index < -0.39 is 0 Å². The van der Waals surface area contributed by atoms with E-state index in [1.54, 1.807) is 18.3 Å². The van der Waals surface area contributed by atoms with Gasteiger partial charge in [-0.05, 0) is 59.0 Å². The van der Waals surface area contributed by atoms with Gasteiger partial charge in [0.2, 0.25) is 5.88 Å². The fourth-order valence-electron chi connectivity index (χ4n) is 1.17. The van der Waals surface area contributed by atoms with Gasteiger partial charge in [0.25, 0.3) is 0 Å². The quantitative estimate of drug-likeness (QED) is 0.797. The average Bonchev–Trinajstić information content (AvgIpc) is 2.33. The number of benzene rings is 1. The molecule has 0 N–H and O–H groups in total. The highest BCUT2D eigenvalue weighted by atomic mass is 127. The van der Waals surface area contributed by atoms with Gasteiger partial charge in [-0.15, -0.1) is 0 Å². The molecule has 0 saturated carbocycles. The van der Waals surface area contributed by atoms with Crippen LogP contribution in [0.2, 0.25) is 0 Å². The Hall–Kier alpha value is -1.61. The average molecular weight is 322 g/mol. The Balaban J connectivity index is 2.27. The Kier molecular flexibility index (Phi) is 3.37. The van der Waals surface area contributed by atoms with Crippen molar-refractivity contribution < 1.29 is 4.74 Å². The number of hydrogen-bond acceptors (Lipinski definition) is 3. The Morgan fingerprint density at radius 1 is 1.19 bits per heavy atom. The van der Waals surface area contributed by atoms with Crippen molar-refractivity contribution in [3.8, 4) is 17.7 Å². The maximum atomic E-state index is 8.87. The molecule has 3 nitrogen and oxygen atoms in total. The van der Waals surface area contributed by atoms with Gasteiger partial charge in [0, 0.05) is 9.77 Å². The largest absolute Gasteiger partial charge is 0.438 e. The van der Waals surface area contributed by atoms with Crippen LogP contribution >= 0.6 is 22.6 Å². The molecule has 0 aliphatic rings. The summed E-state index contributed by atoms with van der Waals surface area (Å²) in [5.74, 6) is 1.02. The lowest BCUT2D eigenvalue weighted by molar-refractivity contribution is 0.461. The number of nitrogens with zero attached hydrogens (tertiary/aromatic N) is 2. The zero-order valence-corrected chi connectivity index (χ0v) is 10.4. The number of aromatic nitrogens is 1. The summed E-state index contributed by atoms with van der Waals surface area (Å²) in [6.45, 7) is 0. The predicted octanol–water partition coefficient (Wildman–Crippen LogP) is 3.35. The van der Waals surface area contributed by atoms with E-state index in [1.807, 2.05) is 30.3 Å². The van der Waals surface area contributed by atoms with Crippen molar-refractivity contribution in [1.29, 1.82) is 5.26 Å². The molecule has 4 heteroatoms. The maximum absolute atomic E-state index is 8.87. The third kappa shape index (κ3) is 2.49. The van der Waals surface area contributed by atoms with Gasteiger partial charge in [0.15, 0.2) is 0 Å². The standard InChI is InChI=1S/C12H7IN2O/c13-10-3-5-11(6-4-10)16-12-9(8-14)2-1-7-15-12/h1-7H. The third-order valence-electron chi connectivity index (χ3n) is 1.92. The molecule has 2 aromatic rings. The number of rotatable bonds is 2. The van der Waals surface area contributed by atoms with Crippen LogP contribution in [0.4, 0.5) is 0 Å². The van der Waals surface area contributed by atoms with Crippen LogP contribution in [0.25, 0.3) is 0 Å². The summed E-state index contributed by atoms with van der Waals surface area (Å²) in [5.41, 5.74) is 0.432. The third-order valence-corrected chi connectivity index (χ3v) is 2.64. The van der Waals surface area contributed by atoms with E-state index in [2.05, 4.69) is 27.6 Å². The van der Waals surface area contributed by atoms with Crippen LogP contribution in [0.3, 0.4) is 0 Å². The minimum atomic E-state index is 0.339. The molecule has 1 aromatic heterocycles. The van der Waals surface area contributed by atoms with Gasteiger partial charge >= 0.3 is 0 Å². The smallest absolute Gasteiger partial charge is 0.237 e. The zero-order valence-electron chi connectivity index (χ0n) is 8.22. The van der Waals surface area contributed by atoms with Crippen LogP contribution in [0.15, 0.2) is 42.6 Å². The van der Waals surface area contributed by atoms with E-state index >= 15 is 0 Å². The Morgan fingerprint density at radius 3 is 2.62 bits per heavy atom. The topological polar surface area (TPSA) is 45.9 Å². The molecule has 0 fully saturated rings. The molecule has 0 aliphatic heterocycles. The highest BCUT2D eigenvalue weighted by molar-refractivity contribution is 14.1. The molecule has 0 aliphatic carbocycles. The monoisotopic (exact) mass is 322 g/mol. The van der Waals surface area contributed by atoms with Crippen molar-refractivity contribution in [2.45, 2.75) is 0 Å². The highest BCUT2D eigenvalue weighted by Crippen LogP contribution is 2.22. The van der Waals surface area contributed by atoms with Gasteiger partial charge in [0.05, 0.1) is 0 Å². The first-order valence-electron chi connectivity index (χ1n) is 4.58. The molecule has 2 rings (SSSR count). The van der Waals surface area contributed by atoms with E-state index in [9.17, 15) is 0 Å². The second-order valence-corrected chi connectivity index (χ2v) is 4.27. The van der Waals surface area contributed by atoms with Crippen molar-refractivity contribution in [2.75, 3.05) is 0 Å². The van der Waals surface area contributed by atoms with E-state index in [0.717, 1.165) is 3.57 Å². The number of pyridine rings is 1. The van der Waals surface area contributed by atoms with Gasteiger partial charge in [-0.2, -0.15) is 5.26 Å². The minimum Gasteiger partial charge on any atom is -0.438 e. The van der Waals surface area contributed by atoms with E-state index in [1.165, 1.54) is 0 Å². The molecule has 0 radical (unpaired) electrons. The van der Waals surface area contributed by atoms with Crippen LogP contribution in [-0.4, -0.2) is 4.98 Å². The lowest BCUT2D eigenvalue weighted by atomic mass is 10.3. The van der Waals surface area contributed by atoms with Crippen LogP contribution in [0, 0.1) is 14.9 Å². The summed E-state index contributed by atoms with van der Waals surface area (Å²) in [7, 11) is 0. The van der Waals surface area contributed by atoms with Crippen LogP contribution < -0.4 is 4.74 Å². The number of nitriles is 1. The van der Waals surface area contributed by atoms with E-state index in [4.69, 9.17) is 10.00 Å². The maximum Gasteiger partial charge on any atom is 0.237 e. The second-order valence-electron chi connectivity index (χ2n) is 3.02. The van der Waals surface area contributed by atoms with Crippen LogP contribution in [0.5, 0.6) is 11.6 Å². The van der Waals surface area contributed by atoms with Crippen molar-refractivity contribution in [2.24, 2.45) is 0 Å². The Bertz CT molecular complexity index is 531. The predicted molar refractivity (Wildman–Crippen MR) is 68.2 cm³/mol. The summed E-state index contributed by atoms with van der Waals surface area (Å²) < 4.78 is 6.65. The van der Waals surface area contributed by atoms with Crippen LogP contribution in [-0.2, 0) is 0 Å². The molecule has 0 saturated heterocycles.